The third-order valence-corrected chi connectivity index (χ3v) is 4.48. The van der Waals surface area contributed by atoms with Crippen molar-refractivity contribution in [1.29, 1.82) is 0 Å². The van der Waals surface area contributed by atoms with Crippen molar-refractivity contribution in [2.45, 2.75) is 13.5 Å². The van der Waals surface area contributed by atoms with Crippen molar-refractivity contribution in [3.8, 4) is 11.5 Å². The van der Waals surface area contributed by atoms with E-state index in [0.29, 0.717) is 18.0 Å². The first kappa shape index (κ1) is 17.8. The molecule has 0 bridgehead atoms. The Hall–Kier alpha value is -1.53. The lowest BCUT2D eigenvalue weighted by Crippen LogP contribution is -2.10. The molecule has 6 heteroatoms. The maximum Gasteiger partial charge on any atom is 0.161 e. The van der Waals surface area contributed by atoms with Gasteiger partial charge in [0.2, 0.25) is 0 Å². The van der Waals surface area contributed by atoms with Crippen molar-refractivity contribution in [2.24, 2.45) is 5.10 Å². The quantitative estimate of drug-likeness (QED) is 0.519. The Morgan fingerprint density at radius 1 is 1.04 bits per heavy atom. The monoisotopic (exact) mass is 440 g/mol. The zero-order chi connectivity index (χ0) is 16.8. The summed E-state index contributed by atoms with van der Waals surface area (Å²) in [6.07, 6.45) is 0. The van der Waals surface area contributed by atoms with Gasteiger partial charge in [-0.25, -0.2) is 0 Å². The lowest BCUT2D eigenvalue weighted by molar-refractivity contribution is 0.354. The molecule has 0 radical (unpaired) electrons. The van der Waals surface area contributed by atoms with Gasteiger partial charge in [-0.1, -0.05) is 37.9 Å². The topological polar surface area (TPSA) is 42.8 Å². The van der Waals surface area contributed by atoms with E-state index in [1.165, 1.54) is 0 Å². The minimum absolute atomic E-state index is 0.601. The van der Waals surface area contributed by atoms with Crippen molar-refractivity contribution < 1.29 is 9.47 Å². The van der Waals surface area contributed by atoms with Gasteiger partial charge in [0, 0.05) is 14.5 Å². The second kappa shape index (κ2) is 8.36. The van der Waals surface area contributed by atoms with Gasteiger partial charge >= 0.3 is 0 Å². The lowest BCUT2D eigenvalue weighted by atomic mass is 10.1. The normalized spacial score (nSPS) is 11.3. The second-order valence-electron chi connectivity index (χ2n) is 4.85. The molecule has 0 saturated carbocycles. The second-order valence-corrected chi connectivity index (χ2v) is 6.62. The summed E-state index contributed by atoms with van der Waals surface area (Å²) in [7, 11) is 3.25. The molecular formula is C17H18Br2N2O2. The molecule has 2 rings (SSSR count). The number of hydrogen-bond donors (Lipinski definition) is 1. The van der Waals surface area contributed by atoms with Gasteiger partial charge in [-0.2, -0.15) is 5.10 Å². The van der Waals surface area contributed by atoms with Crippen LogP contribution in [0, 0.1) is 0 Å². The molecule has 0 aliphatic carbocycles. The standard InChI is InChI=1S/C17H18Br2N2O2/c1-11(14-9-13(18)5-6-15(14)19)21-20-10-12-4-7-16(22-2)17(8-12)23-3/h4-9,20H,10H2,1-3H3/b21-11+. The number of hydrazone groups is 1. The number of nitrogens with zero attached hydrogens (tertiary/aromatic N) is 1. The highest BCUT2D eigenvalue weighted by Gasteiger charge is 2.06. The van der Waals surface area contributed by atoms with E-state index in [4.69, 9.17) is 9.47 Å². The van der Waals surface area contributed by atoms with E-state index in [2.05, 4.69) is 42.4 Å². The number of methoxy groups -OCH3 is 2. The van der Waals surface area contributed by atoms with Crippen LogP contribution in [-0.4, -0.2) is 19.9 Å². The van der Waals surface area contributed by atoms with Crippen molar-refractivity contribution >= 4 is 37.6 Å². The molecule has 0 heterocycles. The molecule has 0 spiro atoms. The first-order valence-electron chi connectivity index (χ1n) is 6.98. The van der Waals surface area contributed by atoms with Crippen LogP contribution in [0.15, 0.2) is 50.4 Å². The first-order chi connectivity index (χ1) is 11.0. The maximum absolute atomic E-state index is 5.30. The van der Waals surface area contributed by atoms with E-state index < -0.39 is 0 Å². The third kappa shape index (κ3) is 4.72. The predicted molar refractivity (Wildman–Crippen MR) is 100 cm³/mol. The molecule has 0 aliphatic rings. The Morgan fingerprint density at radius 2 is 1.78 bits per heavy atom. The van der Waals surface area contributed by atoms with Crippen LogP contribution in [0.3, 0.4) is 0 Å². The molecule has 0 amide bonds. The number of nitrogens with one attached hydrogen (secondary N) is 1. The van der Waals surface area contributed by atoms with Crippen LogP contribution in [0.4, 0.5) is 0 Å². The third-order valence-electron chi connectivity index (χ3n) is 3.30. The maximum atomic E-state index is 5.30. The molecular weight excluding hydrogens is 424 g/mol. The zero-order valence-electron chi connectivity index (χ0n) is 13.2. The van der Waals surface area contributed by atoms with Gasteiger partial charge in [-0.3, -0.25) is 0 Å². The molecule has 0 aliphatic heterocycles. The average molecular weight is 442 g/mol. The highest BCUT2D eigenvalue weighted by molar-refractivity contribution is 9.11. The largest absolute Gasteiger partial charge is 0.493 e. The number of rotatable bonds is 6. The van der Waals surface area contributed by atoms with Gasteiger partial charge in [-0.15, -0.1) is 0 Å². The highest BCUT2D eigenvalue weighted by atomic mass is 79.9. The van der Waals surface area contributed by atoms with Crippen LogP contribution >= 0.6 is 31.9 Å². The Balaban J connectivity index is 2.07. The lowest BCUT2D eigenvalue weighted by Gasteiger charge is -2.10. The fraction of sp³-hybridized carbons (Fsp3) is 0.235. The summed E-state index contributed by atoms with van der Waals surface area (Å²) in [6.45, 7) is 2.57. The predicted octanol–water partition coefficient (Wildman–Crippen LogP) is 4.74. The van der Waals surface area contributed by atoms with E-state index in [-0.39, 0.29) is 0 Å². The molecule has 0 saturated heterocycles. The van der Waals surface area contributed by atoms with Crippen molar-refractivity contribution in [3.63, 3.8) is 0 Å². The van der Waals surface area contributed by atoms with E-state index in [9.17, 15) is 0 Å². The number of ether oxygens (including phenoxy) is 2. The van der Waals surface area contributed by atoms with Gasteiger partial charge < -0.3 is 14.9 Å². The molecule has 122 valence electrons. The summed E-state index contributed by atoms with van der Waals surface area (Å²) < 4.78 is 12.6. The van der Waals surface area contributed by atoms with Gasteiger partial charge in [0.15, 0.2) is 11.5 Å². The van der Waals surface area contributed by atoms with Crippen LogP contribution in [0.25, 0.3) is 0 Å². The van der Waals surface area contributed by atoms with Gasteiger partial charge in [0.05, 0.1) is 26.5 Å². The van der Waals surface area contributed by atoms with E-state index >= 15 is 0 Å². The van der Waals surface area contributed by atoms with Crippen LogP contribution in [0.1, 0.15) is 18.1 Å². The van der Waals surface area contributed by atoms with Gasteiger partial charge in [-0.05, 0) is 42.8 Å². The Bertz CT molecular complexity index is 718. The first-order valence-corrected chi connectivity index (χ1v) is 8.57. The minimum atomic E-state index is 0.601. The molecule has 1 N–H and O–H groups in total. The summed E-state index contributed by atoms with van der Waals surface area (Å²) >= 11 is 7.02. The summed E-state index contributed by atoms with van der Waals surface area (Å²) in [5, 5.41) is 4.43. The molecule has 2 aromatic carbocycles. The summed E-state index contributed by atoms with van der Waals surface area (Å²) in [5.74, 6) is 1.43. The SMILES string of the molecule is COc1ccc(CN/N=C(\C)c2cc(Br)ccc2Br)cc1OC. The highest BCUT2D eigenvalue weighted by Crippen LogP contribution is 2.27. The number of benzene rings is 2. The molecule has 2 aromatic rings. The van der Waals surface area contributed by atoms with Crippen LogP contribution in [0.5, 0.6) is 11.5 Å². The van der Waals surface area contributed by atoms with Crippen LogP contribution in [0.2, 0.25) is 0 Å². The summed E-state index contributed by atoms with van der Waals surface area (Å²) in [6, 6.07) is 11.8. The molecule has 0 aromatic heterocycles. The Kier molecular flexibility index (Phi) is 6.47. The fourth-order valence-corrected chi connectivity index (χ4v) is 2.97. The van der Waals surface area contributed by atoms with Gasteiger partial charge in [0.25, 0.3) is 0 Å². The van der Waals surface area contributed by atoms with Crippen molar-refractivity contribution in [2.75, 3.05) is 14.2 Å². The smallest absolute Gasteiger partial charge is 0.161 e. The van der Waals surface area contributed by atoms with E-state index in [1.54, 1.807) is 14.2 Å². The molecule has 4 nitrogen and oxygen atoms in total. The van der Waals surface area contributed by atoms with Crippen LogP contribution < -0.4 is 14.9 Å². The molecule has 0 unspecified atom stereocenters. The summed E-state index contributed by atoms with van der Waals surface area (Å²) in [4.78, 5) is 0. The van der Waals surface area contributed by atoms with E-state index in [1.807, 2.05) is 43.3 Å². The molecule has 0 fully saturated rings. The number of halogens is 2. The van der Waals surface area contributed by atoms with Crippen LogP contribution in [-0.2, 0) is 6.54 Å². The Morgan fingerprint density at radius 3 is 2.48 bits per heavy atom. The van der Waals surface area contributed by atoms with Crippen molar-refractivity contribution in [1.82, 2.24) is 5.43 Å². The average Bonchev–Trinajstić information content (AvgIpc) is 2.56. The summed E-state index contributed by atoms with van der Waals surface area (Å²) in [5.41, 5.74) is 6.10. The molecule has 23 heavy (non-hydrogen) atoms. The van der Waals surface area contributed by atoms with Crippen molar-refractivity contribution in [3.05, 3.63) is 56.5 Å². The minimum Gasteiger partial charge on any atom is -0.493 e. The van der Waals surface area contributed by atoms with Gasteiger partial charge in [0.1, 0.15) is 0 Å². The molecule has 0 atom stereocenters. The fourth-order valence-electron chi connectivity index (χ4n) is 2.07. The Labute approximate surface area is 153 Å². The number of hydrogen-bond acceptors (Lipinski definition) is 4. The van der Waals surface area contributed by atoms with E-state index in [0.717, 1.165) is 25.8 Å². The zero-order valence-corrected chi connectivity index (χ0v) is 16.4.